The summed E-state index contributed by atoms with van der Waals surface area (Å²) in [6, 6.07) is 6.10. The number of rotatable bonds is 6. The van der Waals surface area contributed by atoms with Crippen molar-refractivity contribution < 1.29 is 4.79 Å². The summed E-state index contributed by atoms with van der Waals surface area (Å²) >= 11 is 0. The van der Waals surface area contributed by atoms with Crippen molar-refractivity contribution in [3.63, 3.8) is 0 Å². The van der Waals surface area contributed by atoms with E-state index in [9.17, 15) is 4.79 Å². The van der Waals surface area contributed by atoms with Crippen LogP contribution in [-0.4, -0.2) is 73.0 Å². The van der Waals surface area contributed by atoms with Crippen molar-refractivity contribution in [2.45, 2.75) is 19.4 Å². The van der Waals surface area contributed by atoms with Gasteiger partial charge in [-0.3, -0.25) is 9.69 Å². The number of hydrogen-bond donors (Lipinski definition) is 1. The quantitative estimate of drug-likeness (QED) is 0.824. The van der Waals surface area contributed by atoms with Gasteiger partial charge in [-0.2, -0.15) is 0 Å². The minimum Gasteiger partial charge on any atom is -0.354 e. The topological polar surface area (TPSA) is 65.7 Å². The molecule has 0 aliphatic carbocycles. The van der Waals surface area contributed by atoms with Crippen LogP contribution in [0.2, 0.25) is 0 Å². The standard InChI is InChI=1S/C16H27N5O/c1-14(13-17)19(2)16(22)6-8-20-9-11-21(12-10-20)15-5-3-4-7-18-15/h3-5,7,14H,6,8-13,17H2,1-2H3. The first-order chi connectivity index (χ1) is 10.6. The van der Waals surface area contributed by atoms with Gasteiger partial charge in [-0.15, -0.1) is 0 Å². The molecule has 1 aromatic heterocycles. The second-order valence-corrected chi connectivity index (χ2v) is 5.86. The molecule has 1 fully saturated rings. The van der Waals surface area contributed by atoms with E-state index in [1.165, 1.54) is 0 Å². The number of pyridine rings is 1. The fourth-order valence-electron chi connectivity index (χ4n) is 2.58. The van der Waals surface area contributed by atoms with Crippen LogP contribution in [0, 0.1) is 0 Å². The number of piperazine rings is 1. The van der Waals surface area contributed by atoms with Gasteiger partial charge in [0.1, 0.15) is 5.82 Å². The van der Waals surface area contributed by atoms with Crippen molar-refractivity contribution in [1.29, 1.82) is 0 Å². The number of nitrogens with two attached hydrogens (primary N) is 1. The lowest BCUT2D eigenvalue weighted by Gasteiger charge is -2.35. The number of aromatic nitrogens is 1. The van der Waals surface area contributed by atoms with E-state index in [0.29, 0.717) is 13.0 Å². The molecule has 1 amide bonds. The Morgan fingerprint density at radius 1 is 1.36 bits per heavy atom. The molecule has 1 atom stereocenters. The molecule has 0 bridgehead atoms. The molecule has 1 saturated heterocycles. The normalized spacial score (nSPS) is 17.3. The fourth-order valence-corrected chi connectivity index (χ4v) is 2.58. The highest BCUT2D eigenvalue weighted by Crippen LogP contribution is 2.12. The Balaban J connectivity index is 1.73. The Labute approximate surface area is 132 Å². The third kappa shape index (κ3) is 4.42. The van der Waals surface area contributed by atoms with Gasteiger partial charge in [-0.25, -0.2) is 4.98 Å². The van der Waals surface area contributed by atoms with Crippen LogP contribution >= 0.6 is 0 Å². The average Bonchev–Trinajstić information content (AvgIpc) is 2.59. The number of nitrogens with zero attached hydrogens (tertiary/aromatic N) is 4. The molecular weight excluding hydrogens is 278 g/mol. The Bertz CT molecular complexity index is 459. The van der Waals surface area contributed by atoms with E-state index in [4.69, 9.17) is 5.73 Å². The zero-order valence-corrected chi connectivity index (χ0v) is 13.6. The number of carbonyl (C=O) groups is 1. The molecular formula is C16H27N5O. The first-order valence-electron chi connectivity index (χ1n) is 7.96. The molecule has 122 valence electrons. The summed E-state index contributed by atoms with van der Waals surface area (Å²) in [5.41, 5.74) is 5.60. The first kappa shape index (κ1) is 16.7. The zero-order chi connectivity index (χ0) is 15.9. The molecule has 1 aliphatic rings. The molecule has 1 aromatic rings. The highest BCUT2D eigenvalue weighted by atomic mass is 16.2. The van der Waals surface area contributed by atoms with E-state index < -0.39 is 0 Å². The molecule has 22 heavy (non-hydrogen) atoms. The monoisotopic (exact) mass is 305 g/mol. The molecule has 6 nitrogen and oxygen atoms in total. The SMILES string of the molecule is CC(CN)N(C)C(=O)CCN1CCN(c2ccccn2)CC1. The minimum absolute atomic E-state index is 0.105. The molecule has 2 heterocycles. The van der Waals surface area contributed by atoms with Crippen LogP contribution in [-0.2, 0) is 4.79 Å². The van der Waals surface area contributed by atoms with Crippen LogP contribution in [0.15, 0.2) is 24.4 Å². The third-order valence-corrected chi connectivity index (χ3v) is 4.38. The van der Waals surface area contributed by atoms with Gasteiger partial charge in [0, 0.05) is 65.0 Å². The molecule has 0 aromatic carbocycles. The van der Waals surface area contributed by atoms with Gasteiger partial charge in [0.05, 0.1) is 0 Å². The second kappa shape index (κ2) is 8.10. The highest BCUT2D eigenvalue weighted by molar-refractivity contribution is 5.76. The van der Waals surface area contributed by atoms with Gasteiger partial charge in [0.25, 0.3) is 0 Å². The Hall–Kier alpha value is -1.66. The molecule has 0 spiro atoms. The smallest absolute Gasteiger partial charge is 0.223 e. The van der Waals surface area contributed by atoms with E-state index in [0.717, 1.165) is 38.5 Å². The summed E-state index contributed by atoms with van der Waals surface area (Å²) in [7, 11) is 1.83. The largest absolute Gasteiger partial charge is 0.354 e. The van der Waals surface area contributed by atoms with Gasteiger partial charge in [-0.1, -0.05) is 6.07 Å². The third-order valence-electron chi connectivity index (χ3n) is 4.38. The van der Waals surface area contributed by atoms with Crippen molar-refractivity contribution in [1.82, 2.24) is 14.8 Å². The number of hydrogen-bond acceptors (Lipinski definition) is 5. The van der Waals surface area contributed by atoms with Crippen LogP contribution < -0.4 is 10.6 Å². The van der Waals surface area contributed by atoms with Crippen molar-refractivity contribution in [3.05, 3.63) is 24.4 Å². The van der Waals surface area contributed by atoms with E-state index in [-0.39, 0.29) is 11.9 Å². The summed E-state index contributed by atoms with van der Waals surface area (Å²) in [6.07, 6.45) is 2.39. The summed E-state index contributed by atoms with van der Waals surface area (Å²) < 4.78 is 0. The van der Waals surface area contributed by atoms with Crippen LogP contribution in [0.3, 0.4) is 0 Å². The molecule has 2 N–H and O–H groups in total. The minimum atomic E-state index is 0.105. The summed E-state index contributed by atoms with van der Waals surface area (Å²) in [5.74, 6) is 1.21. The van der Waals surface area contributed by atoms with Crippen LogP contribution in [0.25, 0.3) is 0 Å². The van der Waals surface area contributed by atoms with Gasteiger partial charge in [0.15, 0.2) is 0 Å². The summed E-state index contributed by atoms with van der Waals surface area (Å²) in [4.78, 5) is 22.9. The van der Waals surface area contributed by atoms with E-state index in [1.807, 2.05) is 38.4 Å². The Kier molecular flexibility index (Phi) is 6.15. The van der Waals surface area contributed by atoms with Gasteiger partial charge in [-0.05, 0) is 19.1 Å². The second-order valence-electron chi connectivity index (χ2n) is 5.86. The summed E-state index contributed by atoms with van der Waals surface area (Å²) in [6.45, 7) is 7.16. The lowest BCUT2D eigenvalue weighted by Crippen LogP contribution is -2.48. The van der Waals surface area contributed by atoms with Crippen molar-refractivity contribution in [3.8, 4) is 0 Å². The van der Waals surface area contributed by atoms with Crippen LogP contribution in [0.4, 0.5) is 5.82 Å². The molecule has 0 saturated carbocycles. The van der Waals surface area contributed by atoms with Crippen molar-refractivity contribution in [2.75, 3.05) is 51.2 Å². The lowest BCUT2D eigenvalue weighted by atomic mass is 10.2. The first-order valence-corrected chi connectivity index (χ1v) is 7.96. The van der Waals surface area contributed by atoms with Crippen LogP contribution in [0.5, 0.6) is 0 Å². The molecule has 0 radical (unpaired) electrons. The van der Waals surface area contributed by atoms with Gasteiger partial charge < -0.3 is 15.5 Å². The van der Waals surface area contributed by atoms with Crippen LogP contribution in [0.1, 0.15) is 13.3 Å². The number of amides is 1. The van der Waals surface area contributed by atoms with Gasteiger partial charge in [0.2, 0.25) is 5.91 Å². The molecule has 6 heteroatoms. The highest BCUT2D eigenvalue weighted by Gasteiger charge is 2.20. The predicted octanol–water partition coefficient (Wildman–Crippen LogP) is 0.399. The number of anilines is 1. The van der Waals surface area contributed by atoms with Crippen molar-refractivity contribution >= 4 is 11.7 Å². The fraction of sp³-hybridized carbons (Fsp3) is 0.625. The molecule has 1 aliphatic heterocycles. The zero-order valence-electron chi connectivity index (χ0n) is 13.6. The lowest BCUT2D eigenvalue weighted by molar-refractivity contribution is -0.131. The van der Waals surface area contributed by atoms with Crippen molar-refractivity contribution in [2.24, 2.45) is 5.73 Å². The summed E-state index contributed by atoms with van der Waals surface area (Å²) in [5, 5.41) is 0. The van der Waals surface area contributed by atoms with E-state index in [1.54, 1.807) is 4.90 Å². The average molecular weight is 305 g/mol. The maximum Gasteiger partial charge on any atom is 0.223 e. The van der Waals surface area contributed by atoms with E-state index >= 15 is 0 Å². The Morgan fingerprint density at radius 3 is 2.68 bits per heavy atom. The Morgan fingerprint density at radius 2 is 2.09 bits per heavy atom. The molecule has 1 unspecified atom stereocenters. The number of carbonyl (C=O) groups excluding carboxylic acids is 1. The number of likely N-dealkylation sites (N-methyl/N-ethyl adjacent to an activating group) is 1. The van der Waals surface area contributed by atoms with E-state index in [2.05, 4.69) is 14.8 Å². The predicted molar refractivity (Wildman–Crippen MR) is 88.8 cm³/mol. The molecule has 2 rings (SSSR count). The van der Waals surface area contributed by atoms with Gasteiger partial charge >= 0.3 is 0 Å². The maximum atomic E-state index is 12.1. The maximum absolute atomic E-state index is 12.1.